The first kappa shape index (κ1) is 16.5. The van der Waals surface area contributed by atoms with Crippen molar-refractivity contribution in [3.63, 3.8) is 0 Å². The molecule has 0 saturated carbocycles. The summed E-state index contributed by atoms with van der Waals surface area (Å²) in [5, 5.41) is 2.90. The van der Waals surface area contributed by atoms with Crippen LogP contribution in [0.4, 0.5) is 5.69 Å². The highest BCUT2D eigenvalue weighted by Gasteiger charge is 2.18. The summed E-state index contributed by atoms with van der Waals surface area (Å²) in [5.41, 5.74) is 2.53. The second kappa shape index (κ2) is 7.45. The van der Waals surface area contributed by atoms with Gasteiger partial charge in [0.2, 0.25) is 5.88 Å². The summed E-state index contributed by atoms with van der Waals surface area (Å²) in [4.78, 5) is 16.6. The number of pyridine rings is 1. The molecule has 0 aliphatic carbocycles. The Morgan fingerprint density at radius 3 is 2.75 bits per heavy atom. The van der Waals surface area contributed by atoms with Gasteiger partial charge in [-0.3, -0.25) is 4.79 Å². The van der Waals surface area contributed by atoms with E-state index in [9.17, 15) is 4.79 Å². The average molecular weight is 326 g/mol. The highest BCUT2D eigenvalue weighted by Crippen LogP contribution is 2.19. The Morgan fingerprint density at radius 1 is 1.29 bits per heavy atom. The molecule has 2 heterocycles. The molecule has 1 aliphatic heterocycles. The molecule has 0 bridgehead atoms. The van der Waals surface area contributed by atoms with E-state index in [2.05, 4.69) is 24.1 Å². The Kier molecular flexibility index (Phi) is 5.11. The van der Waals surface area contributed by atoms with Gasteiger partial charge in [0.1, 0.15) is 6.10 Å². The summed E-state index contributed by atoms with van der Waals surface area (Å²) in [6, 6.07) is 11.2. The van der Waals surface area contributed by atoms with Crippen LogP contribution in [0.2, 0.25) is 0 Å². The number of hydrogen-bond acceptors (Lipinski definition) is 4. The monoisotopic (exact) mass is 326 g/mol. The molecule has 1 aliphatic rings. The van der Waals surface area contributed by atoms with Crippen molar-refractivity contribution in [2.75, 3.05) is 18.5 Å². The molecule has 1 aromatic heterocycles. The zero-order chi connectivity index (χ0) is 16.9. The molecule has 5 nitrogen and oxygen atoms in total. The third-order valence-electron chi connectivity index (χ3n) is 4.01. The Balaban J connectivity index is 1.65. The van der Waals surface area contributed by atoms with Gasteiger partial charge < -0.3 is 14.8 Å². The van der Waals surface area contributed by atoms with Crippen LogP contribution in [-0.2, 0) is 4.74 Å². The van der Waals surface area contributed by atoms with E-state index in [1.807, 2.05) is 24.3 Å². The van der Waals surface area contributed by atoms with Crippen molar-refractivity contribution in [1.29, 1.82) is 0 Å². The Morgan fingerprint density at radius 2 is 2.08 bits per heavy atom. The molecule has 1 atom stereocenters. The van der Waals surface area contributed by atoms with Gasteiger partial charge in [0.15, 0.2) is 0 Å². The first-order valence-corrected chi connectivity index (χ1v) is 8.23. The molecule has 2 aromatic rings. The first-order chi connectivity index (χ1) is 11.6. The number of nitrogens with zero attached hydrogens (tertiary/aromatic N) is 1. The predicted molar refractivity (Wildman–Crippen MR) is 92.6 cm³/mol. The number of carbonyl (C=O) groups excluding carboxylic acids is 1. The molecular weight excluding hydrogens is 304 g/mol. The summed E-state index contributed by atoms with van der Waals surface area (Å²) in [6.07, 6.45) is 2.45. The molecule has 0 spiro atoms. The van der Waals surface area contributed by atoms with Crippen LogP contribution in [0, 0.1) is 0 Å². The molecule has 1 saturated heterocycles. The summed E-state index contributed by atoms with van der Waals surface area (Å²) in [5.74, 6) is 0.741. The van der Waals surface area contributed by atoms with Crippen LogP contribution in [-0.4, -0.2) is 30.2 Å². The van der Waals surface area contributed by atoms with E-state index >= 15 is 0 Å². The SMILES string of the molecule is CC(C)c1ccc(NC(=O)c2ccnc(OC3CCOC3)c2)cc1. The predicted octanol–water partition coefficient (Wildman–Crippen LogP) is 3.63. The minimum Gasteiger partial charge on any atom is -0.472 e. The lowest BCUT2D eigenvalue weighted by Gasteiger charge is -2.12. The van der Waals surface area contributed by atoms with Crippen molar-refractivity contribution in [2.45, 2.75) is 32.3 Å². The minimum absolute atomic E-state index is 0.0133. The van der Waals surface area contributed by atoms with E-state index in [1.54, 1.807) is 18.3 Å². The quantitative estimate of drug-likeness (QED) is 0.911. The van der Waals surface area contributed by atoms with E-state index in [0.29, 0.717) is 30.6 Å². The topological polar surface area (TPSA) is 60.5 Å². The lowest BCUT2D eigenvalue weighted by molar-refractivity contribution is 0.102. The molecule has 1 N–H and O–H groups in total. The van der Waals surface area contributed by atoms with Crippen LogP contribution < -0.4 is 10.1 Å². The number of ether oxygens (including phenoxy) is 2. The molecule has 1 aromatic carbocycles. The number of carbonyl (C=O) groups is 1. The average Bonchev–Trinajstić information content (AvgIpc) is 3.08. The van der Waals surface area contributed by atoms with Crippen molar-refractivity contribution < 1.29 is 14.3 Å². The second-order valence-electron chi connectivity index (χ2n) is 6.22. The van der Waals surface area contributed by atoms with Crippen LogP contribution >= 0.6 is 0 Å². The number of nitrogens with one attached hydrogen (secondary N) is 1. The van der Waals surface area contributed by atoms with Gasteiger partial charge in [-0.05, 0) is 29.7 Å². The van der Waals surface area contributed by atoms with Gasteiger partial charge in [0.25, 0.3) is 5.91 Å². The maximum Gasteiger partial charge on any atom is 0.255 e. The third kappa shape index (κ3) is 4.11. The number of aromatic nitrogens is 1. The number of anilines is 1. The normalized spacial score (nSPS) is 17.0. The fraction of sp³-hybridized carbons (Fsp3) is 0.368. The van der Waals surface area contributed by atoms with Crippen molar-refractivity contribution in [3.05, 3.63) is 53.7 Å². The van der Waals surface area contributed by atoms with Gasteiger partial charge in [-0.1, -0.05) is 26.0 Å². The molecule has 1 unspecified atom stereocenters. The number of benzene rings is 1. The molecule has 5 heteroatoms. The second-order valence-corrected chi connectivity index (χ2v) is 6.22. The van der Waals surface area contributed by atoms with Crippen LogP contribution in [0.15, 0.2) is 42.6 Å². The van der Waals surface area contributed by atoms with Crippen molar-refractivity contribution >= 4 is 11.6 Å². The molecule has 1 fully saturated rings. The summed E-state index contributed by atoms with van der Waals surface area (Å²) >= 11 is 0. The maximum absolute atomic E-state index is 12.4. The van der Waals surface area contributed by atoms with Gasteiger partial charge >= 0.3 is 0 Å². The molecule has 1 amide bonds. The number of hydrogen-bond donors (Lipinski definition) is 1. The molecule has 24 heavy (non-hydrogen) atoms. The van der Waals surface area contributed by atoms with Gasteiger partial charge in [-0.25, -0.2) is 4.98 Å². The molecular formula is C19H22N2O3. The summed E-state index contributed by atoms with van der Waals surface area (Å²) in [7, 11) is 0. The van der Waals surface area contributed by atoms with Gasteiger partial charge in [0.05, 0.1) is 13.2 Å². The Hall–Kier alpha value is -2.40. The van der Waals surface area contributed by atoms with Crippen molar-refractivity contribution in [2.24, 2.45) is 0 Å². The highest BCUT2D eigenvalue weighted by molar-refractivity contribution is 6.04. The van der Waals surface area contributed by atoms with E-state index in [-0.39, 0.29) is 12.0 Å². The zero-order valence-corrected chi connectivity index (χ0v) is 14.0. The zero-order valence-electron chi connectivity index (χ0n) is 14.0. The highest BCUT2D eigenvalue weighted by atomic mass is 16.5. The summed E-state index contributed by atoms with van der Waals surface area (Å²) in [6.45, 7) is 5.56. The van der Waals surface area contributed by atoms with Gasteiger partial charge in [-0.15, -0.1) is 0 Å². The Labute approximate surface area is 142 Å². The fourth-order valence-electron chi connectivity index (χ4n) is 2.55. The van der Waals surface area contributed by atoms with Crippen LogP contribution in [0.5, 0.6) is 5.88 Å². The third-order valence-corrected chi connectivity index (χ3v) is 4.01. The van der Waals surface area contributed by atoms with Gasteiger partial charge in [0, 0.05) is 29.9 Å². The maximum atomic E-state index is 12.4. The van der Waals surface area contributed by atoms with Crippen molar-refractivity contribution in [1.82, 2.24) is 4.98 Å². The van der Waals surface area contributed by atoms with E-state index in [0.717, 1.165) is 12.1 Å². The van der Waals surface area contributed by atoms with E-state index in [1.165, 1.54) is 5.56 Å². The minimum atomic E-state index is -0.179. The molecule has 0 radical (unpaired) electrons. The van der Waals surface area contributed by atoms with Crippen LogP contribution in [0.1, 0.15) is 42.1 Å². The standard InChI is InChI=1S/C19H22N2O3/c1-13(2)14-3-5-16(6-4-14)21-19(22)15-7-9-20-18(11-15)24-17-8-10-23-12-17/h3-7,9,11,13,17H,8,10,12H2,1-2H3,(H,21,22). The van der Waals surface area contributed by atoms with E-state index in [4.69, 9.17) is 9.47 Å². The molecule has 126 valence electrons. The lowest BCUT2D eigenvalue weighted by atomic mass is 10.0. The lowest BCUT2D eigenvalue weighted by Crippen LogP contribution is -2.17. The smallest absolute Gasteiger partial charge is 0.255 e. The first-order valence-electron chi connectivity index (χ1n) is 8.23. The van der Waals surface area contributed by atoms with Gasteiger partial charge in [-0.2, -0.15) is 0 Å². The summed E-state index contributed by atoms with van der Waals surface area (Å²) < 4.78 is 11.0. The van der Waals surface area contributed by atoms with Crippen molar-refractivity contribution in [3.8, 4) is 5.88 Å². The number of amides is 1. The van der Waals surface area contributed by atoms with Crippen LogP contribution in [0.3, 0.4) is 0 Å². The fourth-order valence-corrected chi connectivity index (χ4v) is 2.55. The largest absolute Gasteiger partial charge is 0.472 e. The number of rotatable bonds is 5. The van der Waals surface area contributed by atoms with Crippen LogP contribution in [0.25, 0.3) is 0 Å². The Bertz CT molecular complexity index is 692. The molecule has 3 rings (SSSR count). The van der Waals surface area contributed by atoms with E-state index < -0.39 is 0 Å².